The first-order valence-corrected chi connectivity index (χ1v) is 8.72. The Bertz CT molecular complexity index is 936. The number of amides is 1. The van der Waals surface area contributed by atoms with Gasteiger partial charge in [0.25, 0.3) is 5.91 Å². The van der Waals surface area contributed by atoms with E-state index in [-0.39, 0.29) is 5.91 Å². The van der Waals surface area contributed by atoms with Gasteiger partial charge in [0, 0.05) is 25.4 Å². The molecule has 1 fully saturated rings. The van der Waals surface area contributed by atoms with Gasteiger partial charge >= 0.3 is 0 Å². The lowest BCUT2D eigenvalue weighted by atomic mass is 10.2. The van der Waals surface area contributed by atoms with Crippen molar-refractivity contribution in [2.45, 2.75) is 31.7 Å². The Kier molecular flexibility index (Phi) is 3.26. The van der Waals surface area contributed by atoms with E-state index in [0.29, 0.717) is 31.2 Å². The highest BCUT2D eigenvalue weighted by molar-refractivity contribution is 5.93. The minimum atomic E-state index is -0.0774. The minimum Gasteiger partial charge on any atom is -0.335 e. The van der Waals surface area contributed by atoms with Crippen LogP contribution in [0.4, 0.5) is 0 Å². The molecule has 0 radical (unpaired) electrons. The van der Waals surface area contributed by atoms with Crippen molar-refractivity contribution in [2.24, 2.45) is 0 Å². The van der Waals surface area contributed by atoms with Gasteiger partial charge in [0.1, 0.15) is 11.5 Å². The summed E-state index contributed by atoms with van der Waals surface area (Å²) in [5.74, 6) is 2.45. The molecule has 5 rings (SSSR count). The molecule has 126 valence electrons. The largest absolute Gasteiger partial charge is 0.335 e. The first-order valence-electron chi connectivity index (χ1n) is 8.72. The first-order chi connectivity index (χ1) is 12.3. The molecule has 3 aromatic rings. The van der Waals surface area contributed by atoms with Crippen molar-refractivity contribution in [1.82, 2.24) is 29.6 Å². The second kappa shape index (κ2) is 5.61. The fourth-order valence-corrected chi connectivity index (χ4v) is 3.26. The summed E-state index contributed by atoms with van der Waals surface area (Å²) >= 11 is 0. The summed E-state index contributed by atoms with van der Waals surface area (Å²) in [6.45, 7) is 1.94. The van der Waals surface area contributed by atoms with E-state index in [1.807, 2.05) is 33.8 Å². The smallest absolute Gasteiger partial charge is 0.274 e. The zero-order chi connectivity index (χ0) is 16.8. The predicted octanol–water partition coefficient (Wildman–Crippen LogP) is 1.80. The molecule has 0 spiro atoms. The average Bonchev–Trinajstić information content (AvgIpc) is 3.45. The van der Waals surface area contributed by atoms with Gasteiger partial charge in [-0.05, 0) is 25.0 Å². The maximum absolute atomic E-state index is 12.8. The maximum atomic E-state index is 12.8. The van der Waals surface area contributed by atoms with Gasteiger partial charge in [-0.2, -0.15) is 5.10 Å². The highest BCUT2D eigenvalue weighted by atomic mass is 16.2. The fraction of sp³-hybridized carbons (Fsp3) is 0.389. The molecule has 25 heavy (non-hydrogen) atoms. The summed E-state index contributed by atoms with van der Waals surface area (Å²) in [7, 11) is 0. The Morgan fingerprint density at radius 2 is 1.88 bits per heavy atom. The molecule has 2 aliphatic rings. The van der Waals surface area contributed by atoms with E-state index in [2.05, 4.69) is 20.1 Å². The van der Waals surface area contributed by atoms with Crippen LogP contribution in [-0.4, -0.2) is 48.6 Å². The van der Waals surface area contributed by atoms with Crippen molar-refractivity contribution in [3.63, 3.8) is 0 Å². The standard InChI is InChI=1S/C18H18N6O/c25-18(15-11-19-13-3-1-2-4-14(13)20-15)23-8-7-16-21-17(12-5-6-12)22-24(16)10-9-23/h1-4,11-12H,5-10H2. The highest BCUT2D eigenvalue weighted by Gasteiger charge is 2.30. The van der Waals surface area contributed by atoms with Crippen LogP contribution in [-0.2, 0) is 13.0 Å². The third-order valence-corrected chi connectivity index (χ3v) is 4.85. The number of benzene rings is 1. The number of fused-ring (bicyclic) bond motifs is 2. The summed E-state index contributed by atoms with van der Waals surface area (Å²) in [6.07, 6.45) is 4.70. The predicted molar refractivity (Wildman–Crippen MR) is 91.1 cm³/mol. The fourth-order valence-electron chi connectivity index (χ4n) is 3.26. The number of para-hydroxylation sites is 2. The Labute approximate surface area is 144 Å². The number of carbonyl (C=O) groups excluding carboxylic acids is 1. The summed E-state index contributed by atoms with van der Waals surface area (Å²) < 4.78 is 1.97. The van der Waals surface area contributed by atoms with Gasteiger partial charge in [-0.1, -0.05) is 12.1 Å². The number of aromatic nitrogens is 5. The van der Waals surface area contributed by atoms with E-state index in [1.165, 1.54) is 12.8 Å². The number of nitrogens with zero attached hydrogens (tertiary/aromatic N) is 6. The zero-order valence-electron chi connectivity index (χ0n) is 13.8. The second-order valence-electron chi connectivity index (χ2n) is 6.67. The van der Waals surface area contributed by atoms with E-state index >= 15 is 0 Å². The minimum absolute atomic E-state index is 0.0774. The van der Waals surface area contributed by atoms with Crippen LogP contribution in [0.2, 0.25) is 0 Å². The van der Waals surface area contributed by atoms with Crippen LogP contribution in [0.3, 0.4) is 0 Å². The molecule has 0 bridgehead atoms. The number of hydrogen-bond acceptors (Lipinski definition) is 5. The summed E-state index contributed by atoms with van der Waals surface area (Å²) in [6, 6.07) is 7.59. The molecule has 7 nitrogen and oxygen atoms in total. The van der Waals surface area contributed by atoms with Crippen LogP contribution in [0.1, 0.15) is 40.9 Å². The van der Waals surface area contributed by atoms with Crippen molar-refractivity contribution in [3.8, 4) is 0 Å². The second-order valence-corrected chi connectivity index (χ2v) is 6.67. The van der Waals surface area contributed by atoms with Crippen LogP contribution in [0.5, 0.6) is 0 Å². The lowest BCUT2D eigenvalue weighted by Gasteiger charge is -2.19. The maximum Gasteiger partial charge on any atom is 0.274 e. The van der Waals surface area contributed by atoms with Crippen LogP contribution >= 0.6 is 0 Å². The lowest BCUT2D eigenvalue weighted by Crippen LogP contribution is -2.34. The third-order valence-electron chi connectivity index (χ3n) is 4.85. The van der Waals surface area contributed by atoms with Crippen LogP contribution < -0.4 is 0 Å². The molecule has 1 amide bonds. The van der Waals surface area contributed by atoms with Crippen molar-refractivity contribution in [2.75, 3.05) is 13.1 Å². The van der Waals surface area contributed by atoms with Gasteiger partial charge in [0.15, 0.2) is 5.82 Å². The van der Waals surface area contributed by atoms with Crippen molar-refractivity contribution < 1.29 is 4.79 Å². The van der Waals surface area contributed by atoms with Gasteiger partial charge in [-0.25, -0.2) is 14.6 Å². The molecule has 0 N–H and O–H groups in total. The topological polar surface area (TPSA) is 76.8 Å². The summed E-state index contributed by atoms with van der Waals surface area (Å²) in [4.78, 5) is 28.1. The van der Waals surface area contributed by atoms with Gasteiger partial charge < -0.3 is 4.90 Å². The Morgan fingerprint density at radius 1 is 1.04 bits per heavy atom. The molecule has 7 heteroatoms. The molecule has 1 saturated carbocycles. The molecule has 1 aliphatic heterocycles. The molecular weight excluding hydrogens is 316 g/mol. The van der Waals surface area contributed by atoms with Crippen molar-refractivity contribution >= 4 is 16.9 Å². The average molecular weight is 334 g/mol. The first kappa shape index (κ1) is 14.5. The van der Waals surface area contributed by atoms with Gasteiger partial charge in [0.05, 0.1) is 23.8 Å². The lowest BCUT2D eigenvalue weighted by molar-refractivity contribution is 0.0752. The van der Waals surface area contributed by atoms with Gasteiger partial charge in [0.2, 0.25) is 0 Å². The van der Waals surface area contributed by atoms with Crippen molar-refractivity contribution in [1.29, 1.82) is 0 Å². The Morgan fingerprint density at radius 3 is 2.72 bits per heavy atom. The van der Waals surface area contributed by atoms with Gasteiger partial charge in [-0.15, -0.1) is 0 Å². The molecule has 0 unspecified atom stereocenters. The number of rotatable bonds is 2. The van der Waals surface area contributed by atoms with E-state index < -0.39 is 0 Å². The number of carbonyl (C=O) groups is 1. The Balaban J connectivity index is 1.36. The van der Waals surface area contributed by atoms with E-state index in [0.717, 1.165) is 29.1 Å². The van der Waals surface area contributed by atoms with Crippen molar-refractivity contribution in [3.05, 3.63) is 47.8 Å². The Hall–Kier alpha value is -2.83. The van der Waals surface area contributed by atoms with E-state index in [9.17, 15) is 4.79 Å². The summed E-state index contributed by atoms with van der Waals surface area (Å²) in [5, 5.41) is 4.62. The van der Waals surface area contributed by atoms with Crippen LogP contribution in [0.15, 0.2) is 30.5 Å². The van der Waals surface area contributed by atoms with Gasteiger partial charge in [-0.3, -0.25) is 9.78 Å². The SMILES string of the molecule is O=C(c1cnc2ccccc2n1)N1CCc2nc(C3CC3)nn2CC1. The van der Waals surface area contributed by atoms with Crippen LogP contribution in [0, 0.1) is 0 Å². The van der Waals surface area contributed by atoms with E-state index in [4.69, 9.17) is 0 Å². The zero-order valence-corrected chi connectivity index (χ0v) is 13.8. The molecule has 0 atom stereocenters. The quantitative estimate of drug-likeness (QED) is 0.714. The summed E-state index contributed by atoms with van der Waals surface area (Å²) in [5.41, 5.74) is 1.93. The molecule has 0 saturated heterocycles. The monoisotopic (exact) mass is 334 g/mol. The molecule has 2 aromatic heterocycles. The van der Waals surface area contributed by atoms with Crippen LogP contribution in [0.25, 0.3) is 11.0 Å². The molecule has 3 heterocycles. The third kappa shape index (κ3) is 2.65. The molecule has 1 aliphatic carbocycles. The highest BCUT2D eigenvalue weighted by Crippen LogP contribution is 2.38. The van der Waals surface area contributed by atoms with E-state index in [1.54, 1.807) is 6.20 Å². The molecule has 1 aromatic carbocycles. The molecular formula is C18H18N6O. The number of hydrogen-bond donors (Lipinski definition) is 0. The normalized spacial score (nSPS) is 17.4.